The van der Waals surface area contributed by atoms with Crippen LogP contribution in [0.4, 0.5) is 0 Å². The quantitative estimate of drug-likeness (QED) is 0.325. The smallest absolute Gasteiger partial charge is 0.271 e. The molecular formula is C28H20Br2N2O3S. The molecule has 0 fully saturated rings. The van der Waals surface area contributed by atoms with Gasteiger partial charge in [-0.15, -0.1) is 0 Å². The predicted octanol–water partition coefficient (Wildman–Crippen LogP) is 5.56. The Kier molecular flexibility index (Phi) is 5.98. The molecule has 36 heavy (non-hydrogen) atoms. The van der Waals surface area contributed by atoms with Crippen LogP contribution in [0.3, 0.4) is 0 Å². The van der Waals surface area contributed by atoms with E-state index >= 15 is 0 Å². The van der Waals surface area contributed by atoms with Crippen LogP contribution in [0.15, 0.2) is 85.0 Å². The largest absolute Gasteiger partial charge is 0.504 e. The number of benzene rings is 3. The maximum absolute atomic E-state index is 13.9. The SMILES string of the molecule is COc1cc(Br)cc(C=c2sc3n(c2=O)C(c2ccc(Br)cc2)C2=C(N=3)c3ccccc3CC2)c1O. The Bertz CT molecular complexity index is 1740. The van der Waals surface area contributed by atoms with E-state index in [-0.39, 0.29) is 17.4 Å². The van der Waals surface area contributed by atoms with E-state index in [1.54, 1.807) is 22.8 Å². The fraction of sp³-hybridized carbons (Fsp3) is 0.143. The third-order valence-corrected chi connectivity index (χ3v) is 8.60. The van der Waals surface area contributed by atoms with Crippen molar-refractivity contribution in [2.24, 2.45) is 4.99 Å². The average molecular weight is 624 g/mol. The lowest BCUT2D eigenvalue weighted by molar-refractivity contribution is 0.372. The van der Waals surface area contributed by atoms with E-state index in [0.717, 1.165) is 44.2 Å². The lowest BCUT2D eigenvalue weighted by Gasteiger charge is -2.30. The Hall–Kier alpha value is -2.94. The van der Waals surface area contributed by atoms with Crippen molar-refractivity contribution < 1.29 is 9.84 Å². The molecule has 180 valence electrons. The molecule has 0 saturated heterocycles. The fourth-order valence-electron chi connectivity index (χ4n) is 4.97. The number of phenolic OH excluding ortho intramolecular Hbond substituents is 1. The molecule has 5 nitrogen and oxygen atoms in total. The van der Waals surface area contributed by atoms with Gasteiger partial charge < -0.3 is 9.84 Å². The number of ether oxygens (including phenoxy) is 1. The molecule has 0 saturated carbocycles. The van der Waals surface area contributed by atoms with Gasteiger partial charge in [0.15, 0.2) is 16.3 Å². The van der Waals surface area contributed by atoms with Crippen molar-refractivity contribution in [3.63, 3.8) is 0 Å². The molecule has 8 heteroatoms. The number of hydrogen-bond acceptors (Lipinski definition) is 5. The monoisotopic (exact) mass is 622 g/mol. The molecular weight excluding hydrogens is 604 g/mol. The molecule has 1 aliphatic heterocycles. The van der Waals surface area contributed by atoms with Crippen molar-refractivity contribution in [1.29, 1.82) is 0 Å². The molecule has 2 heterocycles. The van der Waals surface area contributed by atoms with E-state index in [4.69, 9.17) is 9.73 Å². The summed E-state index contributed by atoms with van der Waals surface area (Å²) in [7, 11) is 1.50. The fourth-order valence-corrected chi connectivity index (χ4v) is 6.68. The van der Waals surface area contributed by atoms with E-state index in [2.05, 4.69) is 62.2 Å². The van der Waals surface area contributed by atoms with Crippen LogP contribution in [0, 0.1) is 0 Å². The molecule has 1 N–H and O–H groups in total. The van der Waals surface area contributed by atoms with Crippen molar-refractivity contribution in [2.45, 2.75) is 18.9 Å². The van der Waals surface area contributed by atoms with Gasteiger partial charge in [-0.25, -0.2) is 4.99 Å². The van der Waals surface area contributed by atoms with Crippen LogP contribution in [0.2, 0.25) is 0 Å². The minimum atomic E-state index is -0.245. The maximum atomic E-state index is 13.9. The molecule has 1 unspecified atom stereocenters. The molecule has 0 spiro atoms. The molecule has 1 atom stereocenters. The summed E-state index contributed by atoms with van der Waals surface area (Å²) in [5.74, 6) is 0.326. The van der Waals surface area contributed by atoms with E-state index < -0.39 is 0 Å². The number of nitrogens with zero attached hydrogens (tertiary/aromatic N) is 2. The summed E-state index contributed by atoms with van der Waals surface area (Å²) in [6.45, 7) is 0. The Morgan fingerprint density at radius 1 is 1.08 bits per heavy atom. The molecule has 0 amide bonds. The van der Waals surface area contributed by atoms with Gasteiger partial charge in [0.1, 0.15) is 0 Å². The molecule has 0 bridgehead atoms. The number of aromatic nitrogens is 1. The van der Waals surface area contributed by atoms with Crippen molar-refractivity contribution in [2.75, 3.05) is 7.11 Å². The summed E-state index contributed by atoms with van der Waals surface area (Å²) < 4.78 is 9.33. The van der Waals surface area contributed by atoms with Crippen molar-refractivity contribution >= 4 is 55.0 Å². The Balaban J connectivity index is 1.62. The number of fused-ring (bicyclic) bond motifs is 3. The van der Waals surface area contributed by atoms with Crippen molar-refractivity contribution in [3.05, 3.63) is 117 Å². The van der Waals surface area contributed by atoms with Crippen LogP contribution in [0.5, 0.6) is 11.5 Å². The van der Waals surface area contributed by atoms with E-state index in [1.165, 1.54) is 24.0 Å². The first-order chi connectivity index (χ1) is 17.4. The van der Waals surface area contributed by atoms with Gasteiger partial charge in [0, 0.05) is 20.1 Å². The number of aromatic hydroxyl groups is 1. The summed E-state index contributed by atoms with van der Waals surface area (Å²) in [6, 6.07) is 19.7. The Labute approximate surface area is 228 Å². The lowest BCUT2D eigenvalue weighted by atomic mass is 9.83. The maximum Gasteiger partial charge on any atom is 0.271 e. The minimum absolute atomic E-state index is 0.00998. The van der Waals surface area contributed by atoms with Gasteiger partial charge in [-0.05, 0) is 59.9 Å². The van der Waals surface area contributed by atoms with Gasteiger partial charge in [-0.3, -0.25) is 9.36 Å². The second kappa shape index (κ2) is 9.18. The number of thiazole rings is 1. The second-order valence-electron chi connectivity index (χ2n) is 8.71. The number of halogens is 2. The summed E-state index contributed by atoms with van der Waals surface area (Å²) >= 11 is 8.33. The number of rotatable bonds is 3. The van der Waals surface area contributed by atoms with Gasteiger partial charge in [-0.2, -0.15) is 0 Å². The number of aryl methyl sites for hydroxylation is 1. The van der Waals surface area contributed by atoms with E-state index in [0.29, 0.717) is 20.6 Å². The van der Waals surface area contributed by atoms with Crippen molar-refractivity contribution in [3.8, 4) is 11.5 Å². The number of phenols is 1. The minimum Gasteiger partial charge on any atom is -0.504 e. The highest BCUT2D eigenvalue weighted by Gasteiger charge is 2.32. The molecule has 3 aromatic carbocycles. The lowest BCUT2D eigenvalue weighted by Crippen LogP contribution is -2.38. The van der Waals surface area contributed by atoms with Crippen molar-refractivity contribution in [1.82, 2.24) is 4.57 Å². The molecule has 0 radical (unpaired) electrons. The van der Waals surface area contributed by atoms with E-state index in [1.807, 2.05) is 18.2 Å². The topological polar surface area (TPSA) is 63.8 Å². The van der Waals surface area contributed by atoms with Crippen LogP contribution in [-0.4, -0.2) is 16.8 Å². The van der Waals surface area contributed by atoms with Crippen LogP contribution < -0.4 is 19.6 Å². The highest BCUT2D eigenvalue weighted by molar-refractivity contribution is 9.10. The second-order valence-corrected chi connectivity index (χ2v) is 11.6. The zero-order valence-corrected chi connectivity index (χ0v) is 23.2. The summed E-state index contributed by atoms with van der Waals surface area (Å²) in [6.07, 6.45) is 3.46. The first kappa shape index (κ1) is 23.5. The van der Waals surface area contributed by atoms with Gasteiger partial charge >= 0.3 is 0 Å². The molecule has 1 aliphatic carbocycles. The molecule has 6 rings (SSSR count). The molecule has 2 aliphatic rings. The zero-order valence-electron chi connectivity index (χ0n) is 19.2. The third-order valence-electron chi connectivity index (χ3n) is 6.63. The molecule has 1 aromatic heterocycles. The van der Waals surface area contributed by atoms with E-state index in [9.17, 15) is 9.90 Å². The Morgan fingerprint density at radius 3 is 2.64 bits per heavy atom. The molecule has 4 aromatic rings. The third kappa shape index (κ3) is 3.88. The number of allylic oxidation sites excluding steroid dienone is 1. The van der Waals surface area contributed by atoms with Gasteiger partial charge in [0.25, 0.3) is 5.56 Å². The normalized spacial score (nSPS) is 16.8. The van der Waals surface area contributed by atoms with Gasteiger partial charge in [-0.1, -0.05) is 79.6 Å². The van der Waals surface area contributed by atoms with Crippen LogP contribution in [0.25, 0.3) is 11.8 Å². The average Bonchev–Trinajstić information content (AvgIpc) is 3.19. The zero-order chi connectivity index (χ0) is 25.0. The van der Waals surface area contributed by atoms with Crippen LogP contribution in [0.1, 0.15) is 34.7 Å². The predicted molar refractivity (Wildman–Crippen MR) is 149 cm³/mol. The number of methoxy groups -OCH3 is 1. The first-order valence-electron chi connectivity index (χ1n) is 11.4. The summed E-state index contributed by atoms with van der Waals surface area (Å²) in [5, 5.41) is 10.7. The van der Waals surface area contributed by atoms with Crippen LogP contribution >= 0.6 is 43.2 Å². The highest BCUT2D eigenvalue weighted by Crippen LogP contribution is 2.41. The van der Waals surface area contributed by atoms with Crippen LogP contribution in [-0.2, 0) is 6.42 Å². The van der Waals surface area contributed by atoms with Gasteiger partial charge in [0.05, 0.1) is 23.4 Å². The van der Waals surface area contributed by atoms with Gasteiger partial charge in [0.2, 0.25) is 0 Å². The highest BCUT2D eigenvalue weighted by atomic mass is 79.9. The standard InChI is InChI=1S/C28H20Br2N2O3S/c1-35-22-14-19(30)12-17(26(22)33)13-23-27(34)32-25(16-6-9-18(29)10-7-16)21-11-8-15-4-2-3-5-20(15)24(21)31-28(32)36-23/h2-7,9-10,12-14,25,33H,8,11H2,1H3. The summed E-state index contributed by atoms with van der Waals surface area (Å²) in [5.41, 5.74) is 5.94. The number of hydrogen-bond donors (Lipinski definition) is 1. The first-order valence-corrected chi connectivity index (χ1v) is 13.8. The Morgan fingerprint density at radius 2 is 1.86 bits per heavy atom. The summed E-state index contributed by atoms with van der Waals surface area (Å²) in [4.78, 5) is 19.5.